The molecule has 0 radical (unpaired) electrons. The zero-order chi connectivity index (χ0) is 5.98. The average Bonchev–Trinajstić information content (AvgIpc) is 1.55. The Bertz CT molecular complexity index is 174. The molecular weight excluding hydrogens is 142 g/mol. The summed E-state index contributed by atoms with van der Waals surface area (Å²) >= 11 is 0. The molecule has 5 heteroatoms. The minimum Gasteiger partial charge on any atom is -0.370 e. The number of nitrogens with zero attached hydrogens (tertiary/aromatic N) is 1. The summed E-state index contributed by atoms with van der Waals surface area (Å²) in [7, 11) is 3.19. The van der Waals surface area contributed by atoms with E-state index in [0.717, 1.165) is 5.00 Å². The number of hydrogen-bond donors (Lipinski definition) is 2. The van der Waals surface area contributed by atoms with Crippen LogP contribution in [0.4, 0.5) is 5.00 Å². The van der Waals surface area contributed by atoms with Crippen molar-refractivity contribution in [3.05, 3.63) is 5.38 Å². The van der Waals surface area contributed by atoms with Gasteiger partial charge in [0.2, 0.25) is 0 Å². The summed E-state index contributed by atoms with van der Waals surface area (Å²) in [5, 5.41) is 2.79. The maximum Gasteiger partial charge on any atom is 0.192 e. The Morgan fingerprint density at radius 3 is 2.38 bits per heavy atom. The van der Waals surface area contributed by atoms with Crippen LogP contribution in [0.25, 0.3) is 0 Å². The van der Waals surface area contributed by atoms with Crippen molar-refractivity contribution in [2.75, 3.05) is 0 Å². The van der Waals surface area contributed by atoms with Gasteiger partial charge < -0.3 is 11.5 Å². The van der Waals surface area contributed by atoms with Crippen LogP contribution in [0.1, 0.15) is 0 Å². The van der Waals surface area contributed by atoms with Gasteiger partial charge in [0.25, 0.3) is 0 Å². The van der Waals surface area contributed by atoms with Crippen LogP contribution in [0.3, 0.4) is 0 Å². The van der Waals surface area contributed by atoms with E-state index < -0.39 is 0 Å². The Balaban J connectivity index is 2.61. The van der Waals surface area contributed by atoms with Crippen LogP contribution in [0.2, 0.25) is 0 Å². The lowest BCUT2D eigenvalue weighted by Crippen LogP contribution is -2.21. The van der Waals surface area contributed by atoms with E-state index in [4.69, 9.17) is 11.5 Å². The molecule has 0 aliphatic carbocycles. The molecule has 0 fully saturated rings. The molecule has 0 unspecified atom stereocenters. The number of guanidine groups is 1. The van der Waals surface area contributed by atoms with E-state index in [-0.39, 0.29) is 5.96 Å². The molecule has 0 atom stereocenters. The fourth-order valence-corrected chi connectivity index (χ4v) is 1.30. The number of nitrogens with two attached hydrogens (primary N) is 2. The van der Waals surface area contributed by atoms with Crippen LogP contribution in [0.5, 0.6) is 0 Å². The van der Waals surface area contributed by atoms with Gasteiger partial charge in [0.1, 0.15) is 5.00 Å². The monoisotopic (exact) mass is 147 g/mol. The molecule has 0 amide bonds. The minimum atomic E-state index is 0.129. The topological polar surface area (TPSA) is 64.4 Å². The predicted molar refractivity (Wildman–Crippen MR) is 37.7 cm³/mol. The fraction of sp³-hybridized carbons (Fsp3) is 0. The average molecular weight is 147 g/mol. The van der Waals surface area contributed by atoms with E-state index in [1.807, 2.05) is 5.38 Å². The quantitative estimate of drug-likeness (QED) is 0.349. The summed E-state index contributed by atoms with van der Waals surface area (Å²) in [6.07, 6.45) is 0. The van der Waals surface area contributed by atoms with Crippen LogP contribution in [0.15, 0.2) is 10.4 Å². The van der Waals surface area contributed by atoms with Crippen LogP contribution in [-0.2, 0) is 0 Å². The van der Waals surface area contributed by atoms with Crippen LogP contribution >= 0.6 is 20.7 Å². The van der Waals surface area contributed by atoms with E-state index in [0.29, 0.717) is 0 Å². The van der Waals surface area contributed by atoms with E-state index in [9.17, 15) is 0 Å². The van der Waals surface area contributed by atoms with Gasteiger partial charge in [-0.05, 0) is 0 Å². The number of hydrogen-bond acceptors (Lipinski definition) is 3. The highest BCUT2D eigenvalue weighted by Crippen LogP contribution is 2.28. The molecular formula is C3H5N3S2. The Hall–Kier alpha value is -0.550. The lowest BCUT2D eigenvalue weighted by molar-refractivity contribution is 1.47. The summed E-state index contributed by atoms with van der Waals surface area (Å²) in [5.74, 6) is 0.129. The second-order valence-corrected chi connectivity index (χ2v) is 3.26. The minimum absolute atomic E-state index is 0.129. The molecule has 4 N–H and O–H groups in total. The number of aliphatic imine (C=N–C) groups is 1. The van der Waals surface area contributed by atoms with Crippen LogP contribution in [0, 0.1) is 0 Å². The highest BCUT2D eigenvalue weighted by molar-refractivity contribution is 7.73. The lowest BCUT2D eigenvalue weighted by Gasteiger charge is -1.91. The molecule has 0 aliphatic rings. The molecule has 0 bridgehead atoms. The first-order valence-corrected chi connectivity index (χ1v) is 4.13. The summed E-state index contributed by atoms with van der Waals surface area (Å²) in [6, 6.07) is 0. The normalized spacial score (nSPS) is 9.00. The second kappa shape index (κ2) is 2.15. The molecule has 0 aromatic carbocycles. The first-order valence-electron chi connectivity index (χ1n) is 1.92. The van der Waals surface area contributed by atoms with Crippen molar-refractivity contribution >= 4 is 31.6 Å². The third-order valence-electron chi connectivity index (χ3n) is 0.522. The van der Waals surface area contributed by atoms with Crippen molar-refractivity contribution in [1.82, 2.24) is 0 Å². The standard InChI is InChI=1S/C3H5N3S2/c4-3(5)6-2-1-7-8-2/h1H,(H4,4,5,6). The van der Waals surface area contributed by atoms with Gasteiger partial charge in [-0.15, -0.1) is 0 Å². The largest absolute Gasteiger partial charge is 0.370 e. The number of rotatable bonds is 1. The first kappa shape index (κ1) is 5.58. The van der Waals surface area contributed by atoms with E-state index in [2.05, 4.69) is 4.99 Å². The Kier molecular flexibility index (Phi) is 1.50. The highest BCUT2D eigenvalue weighted by Gasteiger charge is 1.90. The van der Waals surface area contributed by atoms with Gasteiger partial charge in [0.05, 0.1) is 0 Å². The molecule has 0 saturated heterocycles. The third-order valence-corrected chi connectivity index (χ3v) is 2.56. The van der Waals surface area contributed by atoms with Crippen molar-refractivity contribution in [3.8, 4) is 0 Å². The van der Waals surface area contributed by atoms with Gasteiger partial charge in [-0.25, -0.2) is 4.99 Å². The molecule has 0 aliphatic heterocycles. The lowest BCUT2D eigenvalue weighted by atomic mass is 10.9. The molecule has 8 heavy (non-hydrogen) atoms. The van der Waals surface area contributed by atoms with E-state index in [1.54, 1.807) is 20.7 Å². The molecule has 3 nitrogen and oxygen atoms in total. The summed E-state index contributed by atoms with van der Waals surface area (Å²) in [4.78, 5) is 3.76. The summed E-state index contributed by atoms with van der Waals surface area (Å²) in [5.41, 5.74) is 10.1. The van der Waals surface area contributed by atoms with Gasteiger partial charge in [-0.1, -0.05) is 20.7 Å². The van der Waals surface area contributed by atoms with Crippen molar-refractivity contribution < 1.29 is 0 Å². The molecule has 0 saturated carbocycles. The van der Waals surface area contributed by atoms with Crippen molar-refractivity contribution in [2.45, 2.75) is 0 Å². The van der Waals surface area contributed by atoms with E-state index >= 15 is 0 Å². The van der Waals surface area contributed by atoms with Crippen LogP contribution in [-0.4, -0.2) is 5.96 Å². The van der Waals surface area contributed by atoms with Gasteiger partial charge in [0, 0.05) is 5.38 Å². The second-order valence-electron chi connectivity index (χ2n) is 1.17. The maximum absolute atomic E-state index is 5.07. The highest BCUT2D eigenvalue weighted by atomic mass is 32.9. The molecule has 1 aromatic rings. The van der Waals surface area contributed by atoms with Crippen molar-refractivity contribution in [1.29, 1.82) is 0 Å². The zero-order valence-corrected chi connectivity index (χ0v) is 5.63. The molecule has 1 rings (SSSR count). The van der Waals surface area contributed by atoms with Gasteiger partial charge in [-0.2, -0.15) is 0 Å². The van der Waals surface area contributed by atoms with Gasteiger partial charge >= 0.3 is 0 Å². The smallest absolute Gasteiger partial charge is 0.192 e. The fourth-order valence-electron chi connectivity index (χ4n) is 0.263. The Morgan fingerprint density at radius 2 is 2.25 bits per heavy atom. The SMILES string of the molecule is NC(N)=Nc1css1. The van der Waals surface area contributed by atoms with Crippen molar-refractivity contribution in [2.24, 2.45) is 16.5 Å². The predicted octanol–water partition coefficient (Wildman–Crippen LogP) is 0.715. The maximum atomic E-state index is 5.07. The Morgan fingerprint density at radius 1 is 1.62 bits per heavy atom. The molecule has 1 heterocycles. The molecule has 0 spiro atoms. The summed E-state index contributed by atoms with van der Waals surface area (Å²) in [6.45, 7) is 0. The van der Waals surface area contributed by atoms with Crippen LogP contribution < -0.4 is 11.5 Å². The first-order chi connectivity index (χ1) is 3.79. The van der Waals surface area contributed by atoms with E-state index in [1.165, 1.54) is 0 Å². The molecule has 44 valence electrons. The Labute approximate surface area is 54.0 Å². The third kappa shape index (κ3) is 1.21. The van der Waals surface area contributed by atoms with Gasteiger partial charge in [0.15, 0.2) is 5.96 Å². The summed E-state index contributed by atoms with van der Waals surface area (Å²) < 4.78 is 0. The molecule has 1 aromatic heterocycles. The zero-order valence-electron chi connectivity index (χ0n) is 4.00. The van der Waals surface area contributed by atoms with Crippen molar-refractivity contribution in [3.63, 3.8) is 0 Å². The van der Waals surface area contributed by atoms with Gasteiger partial charge in [-0.3, -0.25) is 0 Å².